The Morgan fingerprint density at radius 2 is 0.483 bits per heavy atom. The van der Waals surface area contributed by atoms with E-state index in [9.17, 15) is 31.6 Å². The molecule has 0 aliphatic carbocycles. The molecule has 15 heteroatoms. The van der Waals surface area contributed by atoms with Gasteiger partial charge in [0.2, 0.25) is 0 Å². The molecular weight excluding hydrogens is 1850 g/mol. The summed E-state index contributed by atoms with van der Waals surface area (Å²) in [5.41, 5.74) is 28.6. The first-order chi connectivity index (χ1) is 72.7. The summed E-state index contributed by atoms with van der Waals surface area (Å²) in [6.07, 6.45) is 0. The van der Waals surface area contributed by atoms with Crippen LogP contribution in [0.1, 0.15) is 33.4 Å². The van der Waals surface area contributed by atoms with Gasteiger partial charge in [0.1, 0.15) is 0 Å². The van der Waals surface area contributed by atoms with Gasteiger partial charge in [-0.1, -0.05) is 231 Å². The minimum Gasteiger partial charge on any atom is -0.309 e. The van der Waals surface area contributed by atoms with Gasteiger partial charge in [-0.15, -0.1) is 34.0 Å². The SMILES string of the molecule is N#Cc1ccc(-c2ccc3c4c5sc6ccccc6c5ccc4n(-c4ccccc4)c3c2)c(-n2c3ccccc3c3cc(C#N)ccc32)c1.N#Cc1ccc(-n2c3ccccc3c3cc(C#N)ccc32)c(-c2ccc3c4c5sc6ccccc6c5ccc4n(-c4ccccc4)c3c2)c1.N#Cc1ccc2c(c1)c1ccccc1n2-c1cccc(C#N)c1-c1ccc2c3c4sc5ccccc5c4ccc3n(-c3ccccc3)c2c1. The van der Waals surface area contributed by atoms with Crippen LogP contribution < -0.4 is 0 Å². The topological polar surface area (TPSA) is 172 Å². The third-order valence-corrected chi connectivity index (χ3v) is 32.9. The molecule has 30 aromatic rings. The van der Waals surface area contributed by atoms with Crippen LogP contribution >= 0.6 is 34.0 Å². The number of thiophene rings is 3. The number of benzene rings is 21. The normalized spacial score (nSPS) is 11.6. The van der Waals surface area contributed by atoms with Gasteiger partial charge in [-0.05, 0) is 223 Å². The second-order valence-corrected chi connectivity index (χ2v) is 40.3. The number of hydrogen-bond acceptors (Lipinski definition) is 9. The van der Waals surface area contributed by atoms with Crippen molar-refractivity contribution in [3.8, 4) is 104 Å². The monoisotopic (exact) mass is 1920 g/mol. The zero-order valence-electron chi connectivity index (χ0n) is 78.2. The summed E-state index contributed by atoms with van der Waals surface area (Å²) >= 11 is 5.56. The van der Waals surface area contributed by atoms with E-state index in [1.54, 1.807) is 0 Å². The molecule has 147 heavy (non-hydrogen) atoms. The fourth-order valence-electron chi connectivity index (χ4n) is 23.0. The van der Waals surface area contributed by atoms with Crippen LogP contribution in [0.2, 0.25) is 0 Å². The third kappa shape index (κ3) is 13.2. The van der Waals surface area contributed by atoms with E-state index in [2.05, 4.69) is 367 Å². The van der Waals surface area contributed by atoms with Gasteiger partial charge in [0, 0.05) is 159 Å². The molecule has 678 valence electrons. The molecule has 0 saturated heterocycles. The second kappa shape index (κ2) is 33.9. The molecule has 9 heterocycles. The molecule has 0 spiro atoms. The standard InChI is InChI=1S/3C44H24N4S/c45-25-27-17-21-37-35(23-27)31-12-4-6-14-36(31)48(37)38-15-8-9-29(26-46)42(38)28-18-19-34-40(24-28)47(30-10-2-1-3-11-30)39-22-20-33-32-13-5-7-16-41(32)49-44(33)43(34)39;45-25-27-14-19-38(48-37-12-6-4-10-31(37)36-23-28(26-46)15-20-39(36)48)35(22-27)29-16-17-34-41(24-29)47(30-8-2-1-3-9-30)40-21-18-33-32-11-5-7-13-42(32)49-44(33)43(34)40;45-25-27-15-20-38-36(22-27)32-10-4-6-12-37(32)48(38)40-23-28(26-46)14-17-31(40)29-16-18-35-41(24-29)47(30-8-2-1-3-9-30)39-21-19-34-33-11-5-7-13-42(33)49-44(34)43(35)39/h3*1-24H. The van der Waals surface area contributed by atoms with Gasteiger partial charge in [0.05, 0.1) is 153 Å². The van der Waals surface area contributed by atoms with E-state index in [1.165, 1.54) is 104 Å². The van der Waals surface area contributed by atoms with Gasteiger partial charge in [-0.25, -0.2) is 0 Å². The van der Waals surface area contributed by atoms with Crippen molar-refractivity contribution in [2.45, 2.75) is 0 Å². The average molecular weight is 1920 g/mol. The van der Waals surface area contributed by atoms with Crippen LogP contribution in [0.3, 0.4) is 0 Å². The average Bonchev–Trinajstić information content (AvgIpc) is 1.57. The first-order valence-corrected chi connectivity index (χ1v) is 50.9. The maximum Gasteiger partial charge on any atom is 0.0998 e. The number of aromatic nitrogens is 6. The van der Waals surface area contributed by atoms with Gasteiger partial charge in [0.25, 0.3) is 0 Å². The zero-order valence-corrected chi connectivity index (χ0v) is 80.6. The van der Waals surface area contributed by atoms with E-state index >= 15 is 0 Å². The molecule has 0 saturated carbocycles. The lowest BCUT2D eigenvalue weighted by Gasteiger charge is -2.16. The highest BCUT2D eigenvalue weighted by Gasteiger charge is 2.29. The molecular formula is C132H72N12S3. The summed E-state index contributed by atoms with van der Waals surface area (Å²) in [6, 6.07) is 166. The Hall–Kier alpha value is -20.0. The smallest absolute Gasteiger partial charge is 0.0998 e. The molecule has 9 aromatic heterocycles. The predicted octanol–water partition coefficient (Wildman–Crippen LogP) is 35.0. The van der Waals surface area contributed by atoms with Crippen LogP contribution in [0.25, 0.3) is 259 Å². The van der Waals surface area contributed by atoms with Gasteiger partial charge < -0.3 is 27.4 Å². The van der Waals surface area contributed by atoms with E-state index in [0.29, 0.717) is 33.4 Å². The maximum absolute atomic E-state index is 10.5. The van der Waals surface area contributed by atoms with E-state index in [0.717, 1.165) is 155 Å². The van der Waals surface area contributed by atoms with Gasteiger partial charge in [0.15, 0.2) is 0 Å². The number of nitrogens with zero attached hydrogens (tertiary/aromatic N) is 12. The summed E-state index contributed by atoms with van der Waals surface area (Å²) in [5, 5.41) is 81.0. The van der Waals surface area contributed by atoms with Gasteiger partial charge in [-0.2, -0.15) is 31.6 Å². The minimum absolute atomic E-state index is 0.588. The highest BCUT2D eigenvalue weighted by Crippen LogP contribution is 2.52. The number of rotatable bonds is 9. The molecule has 30 rings (SSSR count). The van der Waals surface area contributed by atoms with Crippen LogP contribution in [0.5, 0.6) is 0 Å². The lowest BCUT2D eigenvalue weighted by atomic mass is 9.96. The molecule has 0 aliphatic rings. The first-order valence-electron chi connectivity index (χ1n) is 48.4. The summed E-state index contributed by atoms with van der Waals surface area (Å²) < 4.78 is 21.6. The minimum atomic E-state index is 0.588. The Morgan fingerprint density at radius 3 is 0.891 bits per heavy atom. The fourth-order valence-corrected chi connectivity index (χ4v) is 26.8. The van der Waals surface area contributed by atoms with Crippen LogP contribution in [0.15, 0.2) is 437 Å². The van der Waals surface area contributed by atoms with E-state index in [4.69, 9.17) is 0 Å². The van der Waals surface area contributed by atoms with Crippen molar-refractivity contribution in [3.63, 3.8) is 0 Å². The highest BCUT2D eigenvalue weighted by molar-refractivity contribution is 7.27. The van der Waals surface area contributed by atoms with Crippen LogP contribution in [0.4, 0.5) is 0 Å². The van der Waals surface area contributed by atoms with Crippen molar-refractivity contribution in [1.29, 1.82) is 31.6 Å². The molecule has 12 nitrogen and oxygen atoms in total. The first kappa shape index (κ1) is 85.0. The summed E-state index contributed by atoms with van der Waals surface area (Å²) in [4.78, 5) is 0. The summed E-state index contributed by atoms with van der Waals surface area (Å²) in [5.74, 6) is 0. The Morgan fingerprint density at radius 1 is 0.170 bits per heavy atom. The third-order valence-electron chi connectivity index (χ3n) is 29.3. The molecule has 0 aliphatic heterocycles. The van der Waals surface area contributed by atoms with Crippen molar-refractivity contribution < 1.29 is 0 Å². The summed E-state index contributed by atoms with van der Waals surface area (Å²) in [7, 11) is 0. The Bertz CT molecular complexity index is 11100. The number of nitriles is 6. The largest absolute Gasteiger partial charge is 0.309 e. The molecule has 0 bridgehead atoms. The molecule has 0 atom stereocenters. The lowest BCUT2D eigenvalue weighted by molar-refractivity contribution is 1.17. The molecule has 0 N–H and O–H groups in total. The van der Waals surface area contributed by atoms with E-state index in [-0.39, 0.29) is 0 Å². The van der Waals surface area contributed by atoms with Crippen molar-refractivity contribution in [3.05, 3.63) is 470 Å². The van der Waals surface area contributed by atoms with Crippen molar-refractivity contribution >= 4 is 225 Å². The highest BCUT2D eigenvalue weighted by atomic mass is 32.1. The van der Waals surface area contributed by atoms with Crippen LogP contribution in [0, 0.1) is 68.0 Å². The van der Waals surface area contributed by atoms with E-state index in [1.807, 2.05) is 167 Å². The molecule has 0 fully saturated rings. The second-order valence-electron chi connectivity index (χ2n) is 37.1. The number of para-hydroxylation sites is 6. The van der Waals surface area contributed by atoms with Gasteiger partial charge in [-0.3, -0.25) is 0 Å². The Labute approximate surface area is 851 Å². The van der Waals surface area contributed by atoms with Crippen molar-refractivity contribution in [1.82, 2.24) is 27.4 Å². The number of hydrogen-bond donors (Lipinski definition) is 0. The van der Waals surface area contributed by atoms with Crippen molar-refractivity contribution in [2.24, 2.45) is 0 Å². The summed E-state index contributed by atoms with van der Waals surface area (Å²) in [6.45, 7) is 0. The quantitative estimate of drug-likeness (QED) is 0.139. The maximum atomic E-state index is 10.5. The van der Waals surface area contributed by atoms with Crippen molar-refractivity contribution in [2.75, 3.05) is 0 Å². The molecule has 21 aromatic carbocycles. The van der Waals surface area contributed by atoms with E-state index < -0.39 is 0 Å². The molecule has 0 amide bonds. The molecule has 0 unspecified atom stereocenters. The Kier molecular flexibility index (Phi) is 19.6. The van der Waals surface area contributed by atoms with Gasteiger partial charge >= 0.3 is 0 Å². The van der Waals surface area contributed by atoms with Crippen LogP contribution in [-0.4, -0.2) is 27.4 Å². The predicted molar refractivity (Wildman–Crippen MR) is 609 cm³/mol. The zero-order chi connectivity index (χ0) is 97.9. The molecule has 0 radical (unpaired) electrons. The number of fused-ring (bicyclic) bond motifs is 30. The van der Waals surface area contributed by atoms with Crippen LogP contribution in [-0.2, 0) is 0 Å². The fraction of sp³-hybridized carbons (Fsp3) is 0. The lowest BCUT2D eigenvalue weighted by Crippen LogP contribution is -2.00. The Balaban J connectivity index is 0.000000107.